The highest BCUT2D eigenvalue weighted by Gasteiger charge is 2.32. The lowest BCUT2D eigenvalue weighted by Gasteiger charge is -2.37. The second kappa shape index (κ2) is 17.3. The van der Waals surface area contributed by atoms with Crippen molar-refractivity contribution in [3.8, 4) is 11.5 Å². The second-order valence-electron chi connectivity index (χ2n) is 16.3. The van der Waals surface area contributed by atoms with Gasteiger partial charge in [-0.1, -0.05) is 62.6 Å². The Bertz CT molecular complexity index is 1420. The van der Waals surface area contributed by atoms with Gasteiger partial charge in [-0.15, -0.1) is 0 Å². The normalized spacial score (nSPS) is 26.1. The summed E-state index contributed by atoms with van der Waals surface area (Å²) in [5.74, 6) is 3.56. The summed E-state index contributed by atoms with van der Waals surface area (Å²) in [6.07, 6.45) is 21.0. The van der Waals surface area contributed by atoms with Gasteiger partial charge >= 0.3 is 6.09 Å². The van der Waals surface area contributed by atoms with E-state index in [1.54, 1.807) is 0 Å². The molecule has 2 saturated carbocycles. The van der Waals surface area contributed by atoms with Crippen LogP contribution in [0.3, 0.4) is 0 Å². The third-order valence-electron chi connectivity index (χ3n) is 11.5. The van der Waals surface area contributed by atoms with Crippen LogP contribution in [0.4, 0.5) is 4.79 Å². The quantitative estimate of drug-likeness (QED) is 0.256. The monoisotopic (exact) mass is 682 g/mol. The number of carbonyl (C=O) groups is 1. The predicted molar refractivity (Wildman–Crippen MR) is 205 cm³/mol. The Labute approximate surface area is 302 Å². The van der Waals surface area contributed by atoms with Crippen LogP contribution in [0.5, 0.6) is 11.5 Å². The van der Waals surface area contributed by atoms with Crippen LogP contribution in [0.1, 0.15) is 129 Å². The molecule has 6 nitrogen and oxygen atoms in total. The summed E-state index contributed by atoms with van der Waals surface area (Å²) < 4.78 is 18.7. The molecule has 2 aliphatic heterocycles. The van der Waals surface area contributed by atoms with E-state index in [1.165, 1.54) is 60.8 Å². The molecule has 2 fully saturated rings. The Morgan fingerprint density at radius 2 is 1.34 bits per heavy atom. The van der Waals surface area contributed by atoms with Crippen molar-refractivity contribution < 1.29 is 19.0 Å². The molecule has 272 valence electrons. The van der Waals surface area contributed by atoms with Crippen LogP contribution in [-0.4, -0.2) is 54.5 Å². The molecule has 1 unspecified atom stereocenters. The van der Waals surface area contributed by atoms with Crippen LogP contribution in [0.15, 0.2) is 60.7 Å². The Hall–Kier alpha value is -3.25. The van der Waals surface area contributed by atoms with Gasteiger partial charge < -0.3 is 24.4 Å². The van der Waals surface area contributed by atoms with Crippen LogP contribution < -0.4 is 14.8 Å². The summed E-state index contributed by atoms with van der Waals surface area (Å²) in [6, 6.07) is 17.6. The van der Waals surface area contributed by atoms with Crippen LogP contribution in [0, 0.1) is 11.8 Å². The number of nitrogens with one attached hydrogen (secondary N) is 1. The van der Waals surface area contributed by atoms with E-state index in [0.29, 0.717) is 18.8 Å². The first-order valence-corrected chi connectivity index (χ1v) is 19.8. The minimum Gasteiger partial charge on any atom is -0.490 e. The minimum atomic E-state index is -0.509. The third kappa shape index (κ3) is 10.4. The van der Waals surface area contributed by atoms with Crippen molar-refractivity contribution in [1.29, 1.82) is 0 Å². The SMILES string of the molecule is CCC1CCC(Oc2ccc(C3=CCN(C(=O)OC(C)(C)C)C(CCCC4CCC(Oc5ccc(C6=CCNCC6)cc5)CC4)C3)cc2)CC1. The maximum Gasteiger partial charge on any atom is 0.410 e. The second-order valence-corrected chi connectivity index (χ2v) is 16.3. The van der Waals surface area contributed by atoms with E-state index < -0.39 is 5.60 Å². The topological polar surface area (TPSA) is 60.0 Å². The van der Waals surface area contributed by atoms with Gasteiger partial charge in [0.25, 0.3) is 0 Å². The first-order chi connectivity index (χ1) is 24.2. The Kier molecular flexibility index (Phi) is 12.6. The highest BCUT2D eigenvalue weighted by Crippen LogP contribution is 2.35. The van der Waals surface area contributed by atoms with Crippen LogP contribution >= 0.6 is 0 Å². The fourth-order valence-electron chi connectivity index (χ4n) is 8.45. The first kappa shape index (κ1) is 36.5. The zero-order valence-electron chi connectivity index (χ0n) is 31.3. The van der Waals surface area contributed by atoms with Gasteiger partial charge in [-0.25, -0.2) is 4.79 Å². The van der Waals surface area contributed by atoms with E-state index in [-0.39, 0.29) is 12.1 Å². The van der Waals surface area contributed by atoms with Gasteiger partial charge in [0.2, 0.25) is 0 Å². The number of carbonyl (C=O) groups excluding carboxylic acids is 1. The van der Waals surface area contributed by atoms with Crippen molar-refractivity contribution in [3.63, 3.8) is 0 Å². The number of hydrogen-bond acceptors (Lipinski definition) is 5. The molecule has 1 amide bonds. The van der Waals surface area contributed by atoms with Crippen molar-refractivity contribution in [2.24, 2.45) is 11.8 Å². The van der Waals surface area contributed by atoms with Gasteiger partial charge in [0.1, 0.15) is 17.1 Å². The highest BCUT2D eigenvalue weighted by atomic mass is 16.6. The average Bonchev–Trinajstić information content (AvgIpc) is 3.13. The molecule has 2 heterocycles. The Morgan fingerprint density at radius 1 is 0.760 bits per heavy atom. The van der Waals surface area contributed by atoms with Crippen molar-refractivity contribution in [2.75, 3.05) is 19.6 Å². The molecule has 50 heavy (non-hydrogen) atoms. The molecule has 6 heteroatoms. The molecule has 1 N–H and O–H groups in total. The van der Waals surface area contributed by atoms with Crippen molar-refractivity contribution in [2.45, 2.75) is 141 Å². The lowest BCUT2D eigenvalue weighted by atomic mass is 9.83. The molecule has 2 aliphatic carbocycles. The number of benzene rings is 2. The molecule has 2 aromatic rings. The third-order valence-corrected chi connectivity index (χ3v) is 11.5. The van der Waals surface area contributed by atoms with Crippen LogP contribution in [0.2, 0.25) is 0 Å². The van der Waals surface area contributed by atoms with Gasteiger partial charge in [0.05, 0.1) is 12.2 Å². The predicted octanol–water partition coefficient (Wildman–Crippen LogP) is 10.6. The molecule has 0 radical (unpaired) electrons. The van der Waals surface area contributed by atoms with Gasteiger partial charge in [-0.2, -0.15) is 0 Å². The van der Waals surface area contributed by atoms with Crippen molar-refractivity contribution in [3.05, 3.63) is 71.8 Å². The molecule has 4 aliphatic rings. The number of nitrogens with zero attached hydrogens (tertiary/aromatic N) is 1. The van der Waals surface area contributed by atoms with E-state index in [1.807, 2.05) is 25.7 Å². The molecule has 2 aromatic carbocycles. The zero-order valence-corrected chi connectivity index (χ0v) is 31.3. The van der Waals surface area contributed by atoms with Gasteiger partial charge in [0, 0.05) is 19.1 Å². The summed E-state index contributed by atoms with van der Waals surface area (Å²) in [6.45, 7) is 10.8. The smallest absolute Gasteiger partial charge is 0.410 e. The molecule has 0 aromatic heterocycles. The van der Waals surface area contributed by atoms with Crippen molar-refractivity contribution >= 4 is 17.2 Å². The summed E-state index contributed by atoms with van der Waals surface area (Å²) in [5, 5.41) is 3.39. The maximum absolute atomic E-state index is 13.3. The summed E-state index contributed by atoms with van der Waals surface area (Å²) in [7, 11) is 0. The molecule has 0 spiro atoms. The van der Waals surface area contributed by atoms with E-state index in [0.717, 1.165) is 87.8 Å². The largest absolute Gasteiger partial charge is 0.490 e. The summed E-state index contributed by atoms with van der Waals surface area (Å²) in [4.78, 5) is 15.3. The minimum absolute atomic E-state index is 0.137. The Morgan fingerprint density at radius 3 is 1.88 bits per heavy atom. The standard InChI is InChI=1S/C44H62N2O4/c1-5-32-9-17-39(18-10-32)48-42-23-15-35(16-24-42)37-27-30-46(43(47)50-44(2,3)4)38(31-37)8-6-7-33-11-19-40(20-12-33)49-41-21-13-34(14-22-41)36-25-28-45-29-26-36/h13-16,21-25,27,32-33,38-40,45H,5-12,17-20,26,28-31H2,1-4H3. The van der Waals surface area contributed by atoms with E-state index in [4.69, 9.17) is 14.2 Å². The maximum atomic E-state index is 13.3. The van der Waals surface area contributed by atoms with E-state index in [9.17, 15) is 4.79 Å². The molecular weight excluding hydrogens is 620 g/mol. The fraction of sp³-hybridized carbons (Fsp3) is 0.614. The molecule has 0 bridgehead atoms. The van der Waals surface area contributed by atoms with Gasteiger partial charge in [0.15, 0.2) is 0 Å². The van der Waals surface area contributed by atoms with Crippen molar-refractivity contribution in [1.82, 2.24) is 10.2 Å². The van der Waals surface area contributed by atoms with E-state index >= 15 is 0 Å². The number of ether oxygens (including phenoxy) is 3. The Balaban J connectivity index is 0.984. The van der Waals surface area contributed by atoms with Gasteiger partial charge in [-0.3, -0.25) is 0 Å². The van der Waals surface area contributed by atoms with E-state index in [2.05, 4.69) is 72.9 Å². The van der Waals surface area contributed by atoms with Crippen LogP contribution in [-0.2, 0) is 4.74 Å². The first-order valence-electron chi connectivity index (χ1n) is 19.8. The highest BCUT2D eigenvalue weighted by molar-refractivity contribution is 5.73. The fourth-order valence-corrected chi connectivity index (χ4v) is 8.45. The lowest BCUT2D eigenvalue weighted by Crippen LogP contribution is -2.45. The number of amides is 1. The lowest BCUT2D eigenvalue weighted by molar-refractivity contribution is 0.0170. The number of hydrogen-bond donors (Lipinski definition) is 1. The number of rotatable bonds is 11. The molecule has 6 rings (SSSR count). The average molecular weight is 683 g/mol. The summed E-state index contributed by atoms with van der Waals surface area (Å²) >= 11 is 0. The molecular formula is C44H62N2O4. The van der Waals surface area contributed by atoms with Gasteiger partial charge in [-0.05, 0) is 156 Å². The molecule has 1 atom stereocenters. The molecule has 0 saturated heterocycles. The summed E-state index contributed by atoms with van der Waals surface area (Å²) in [5.41, 5.74) is 4.80. The van der Waals surface area contributed by atoms with Crippen LogP contribution in [0.25, 0.3) is 11.1 Å². The zero-order chi connectivity index (χ0) is 34.9.